The van der Waals surface area contributed by atoms with E-state index >= 15 is 0 Å². The van der Waals surface area contributed by atoms with E-state index in [0.717, 1.165) is 13.0 Å². The summed E-state index contributed by atoms with van der Waals surface area (Å²) >= 11 is 0. The van der Waals surface area contributed by atoms with E-state index in [4.69, 9.17) is 0 Å². The van der Waals surface area contributed by atoms with Gasteiger partial charge in [-0.1, -0.05) is 6.07 Å². The van der Waals surface area contributed by atoms with Gasteiger partial charge in [0.2, 0.25) is 5.91 Å². The average molecular weight is 273 g/mol. The second-order valence-electron chi connectivity index (χ2n) is 4.85. The van der Waals surface area contributed by atoms with Crippen molar-refractivity contribution in [2.45, 2.75) is 20.3 Å². The molecule has 1 amide bonds. The van der Waals surface area contributed by atoms with Crippen LogP contribution in [0, 0.1) is 18.2 Å². The zero-order valence-corrected chi connectivity index (χ0v) is 11.4. The number of amides is 1. The minimum atomic E-state index is -0.390. The molecule has 0 spiro atoms. The average Bonchev–Trinajstić information content (AvgIpc) is 2.73. The number of halogens is 2. The van der Waals surface area contributed by atoms with Gasteiger partial charge < -0.3 is 10.6 Å². The summed E-state index contributed by atoms with van der Waals surface area (Å²) in [4.78, 5) is 12.1. The van der Waals surface area contributed by atoms with Crippen molar-refractivity contribution in [1.82, 2.24) is 5.32 Å². The number of anilines is 1. The molecule has 0 aromatic heterocycles. The third-order valence-corrected chi connectivity index (χ3v) is 3.43. The number of hydrogen-bond donors (Lipinski definition) is 2. The number of benzene rings is 1. The second-order valence-corrected chi connectivity index (χ2v) is 4.85. The fourth-order valence-electron chi connectivity index (χ4n) is 2.03. The molecule has 0 aliphatic carbocycles. The summed E-state index contributed by atoms with van der Waals surface area (Å²) in [6, 6.07) is 4.72. The first-order chi connectivity index (χ1) is 8.03. The van der Waals surface area contributed by atoms with Crippen LogP contribution in [0.5, 0.6) is 0 Å². The van der Waals surface area contributed by atoms with Crippen molar-refractivity contribution in [1.29, 1.82) is 0 Å². The van der Waals surface area contributed by atoms with Crippen molar-refractivity contribution in [3.63, 3.8) is 0 Å². The molecule has 1 aliphatic heterocycles. The van der Waals surface area contributed by atoms with Gasteiger partial charge in [-0.15, -0.1) is 12.4 Å². The van der Waals surface area contributed by atoms with Crippen molar-refractivity contribution in [3.8, 4) is 0 Å². The Morgan fingerprint density at radius 3 is 2.83 bits per heavy atom. The summed E-state index contributed by atoms with van der Waals surface area (Å²) in [5, 5.41) is 5.99. The molecule has 0 saturated carbocycles. The molecule has 0 bridgehead atoms. The van der Waals surface area contributed by atoms with Crippen LogP contribution in [0.15, 0.2) is 18.2 Å². The summed E-state index contributed by atoms with van der Waals surface area (Å²) in [6.45, 7) is 5.12. The van der Waals surface area contributed by atoms with Crippen molar-refractivity contribution >= 4 is 24.0 Å². The molecule has 1 atom stereocenters. The molecule has 1 aromatic carbocycles. The number of carbonyl (C=O) groups is 1. The van der Waals surface area contributed by atoms with Gasteiger partial charge in [-0.05, 0) is 38.9 Å². The Labute approximate surface area is 113 Å². The summed E-state index contributed by atoms with van der Waals surface area (Å²) < 4.78 is 13.3. The van der Waals surface area contributed by atoms with E-state index in [1.807, 2.05) is 6.92 Å². The van der Waals surface area contributed by atoms with E-state index in [1.54, 1.807) is 19.1 Å². The lowest BCUT2D eigenvalue weighted by Gasteiger charge is -2.22. The molecule has 2 rings (SSSR count). The minimum Gasteiger partial charge on any atom is -0.325 e. The Hall–Kier alpha value is -1.13. The molecule has 1 heterocycles. The smallest absolute Gasteiger partial charge is 0.231 e. The molecule has 3 nitrogen and oxygen atoms in total. The summed E-state index contributed by atoms with van der Waals surface area (Å²) in [6.07, 6.45) is 0.813. The lowest BCUT2D eigenvalue weighted by Crippen LogP contribution is -2.35. The number of rotatable bonds is 2. The zero-order chi connectivity index (χ0) is 12.5. The van der Waals surface area contributed by atoms with Gasteiger partial charge in [-0.3, -0.25) is 4.79 Å². The Balaban J connectivity index is 0.00000162. The van der Waals surface area contributed by atoms with Crippen LogP contribution in [0.4, 0.5) is 10.1 Å². The monoisotopic (exact) mass is 272 g/mol. The van der Waals surface area contributed by atoms with E-state index in [1.165, 1.54) is 6.07 Å². The Kier molecular flexibility index (Phi) is 4.71. The highest BCUT2D eigenvalue weighted by atomic mass is 35.5. The zero-order valence-electron chi connectivity index (χ0n) is 10.5. The first-order valence-electron chi connectivity index (χ1n) is 5.80. The van der Waals surface area contributed by atoms with Crippen LogP contribution in [0.1, 0.15) is 18.9 Å². The maximum Gasteiger partial charge on any atom is 0.231 e. The Morgan fingerprint density at radius 1 is 1.50 bits per heavy atom. The predicted molar refractivity (Wildman–Crippen MR) is 72.6 cm³/mol. The summed E-state index contributed by atoms with van der Waals surface area (Å²) in [7, 11) is 0. The fourth-order valence-corrected chi connectivity index (χ4v) is 2.03. The minimum absolute atomic E-state index is 0. The number of nitrogens with one attached hydrogen (secondary N) is 2. The molecular formula is C13H18ClFN2O. The quantitative estimate of drug-likeness (QED) is 0.869. The molecule has 1 aliphatic rings. The van der Waals surface area contributed by atoms with Gasteiger partial charge in [0.25, 0.3) is 0 Å². The van der Waals surface area contributed by atoms with Crippen molar-refractivity contribution in [3.05, 3.63) is 29.6 Å². The lowest BCUT2D eigenvalue weighted by atomic mass is 9.88. The van der Waals surface area contributed by atoms with E-state index in [0.29, 0.717) is 17.8 Å². The Bertz CT molecular complexity index is 445. The van der Waals surface area contributed by atoms with Crippen LogP contribution in [0.2, 0.25) is 0 Å². The van der Waals surface area contributed by atoms with Crippen LogP contribution < -0.4 is 10.6 Å². The molecule has 0 radical (unpaired) electrons. The van der Waals surface area contributed by atoms with Gasteiger partial charge in [-0.25, -0.2) is 4.39 Å². The van der Waals surface area contributed by atoms with Crippen LogP contribution in [0.25, 0.3) is 0 Å². The molecule has 1 saturated heterocycles. The molecule has 1 fully saturated rings. The van der Waals surface area contributed by atoms with E-state index in [-0.39, 0.29) is 24.1 Å². The van der Waals surface area contributed by atoms with Gasteiger partial charge in [0.1, 0.15) is 5.82 Å². The summed E-state index contributed by atoms with van der Waals surface area (Å²) in [5.74, 6) is -0.339. The molecule has 1 aromatic rings. The first kappa shape index (κ1) is 14.9. The topological polar surface area (TPSA) is 41.1 Å². The molecule has 5 heteroatoms. The molecule has 2 N–H and O–H groups in total. The predicted octanol–water partition coefficient (Wildman–Crippen LogP) is 2.49. The fraction of sp³-hybridized carbons (Fsp3) is 0.462. The Morgan fingerprint density at radius 2 is 2.22 bits per heavy atom. The second kappa shape index (κ2) is 5.67. The summed E-state index contributed by atoms with van der Waals surface area (Å²) in [5.41, 5.74) is 0.650. The first-order valence-corrected chi connectivity index (χ1v) is 5.80. The highest BCUT2D eigenvalue weighted by Crippen LogP contribution is 2.27. The van der Waals surface area contributed by atoms with E-state index < -0.39 is 5.41 Å². The van der Waals surface area contributed by atoms with Crippen LogP contribution in [-0.2, 0) is 4.79 Å². The van der Waals surface area contributed by atoms with Gasteiger partial charge in [0.15, 0.2) is 0 Å². The SMILES string of the molecule is Cc1c(F)cccc1NC(=O)C1(C)CCNC1.Cl. The highest BCUT2D eigenvalue weighted by Gasteiger charge is 2.36. The lowest BCUT2D eigenvalue weighted by molar-refractivity contribution is -0.123. The van der Waals surface area contributed by atoms with Gasteiger partial charge >= 0.3 is 0 Å². The molecule has 18 heavy (non-hydrogen) atoms. The number of hydrogen-bond acceptors (Lipinski definition) is 2. The number of carbonyl (C=O) groups excluding carboxylic acids is 1. The third-order valence-electron chi connectivity index (χ3n) is 3.43. The normalized spacial score (nSPS) is 22.4. The standard InChI is InChI=1S/C13H17FN2O.ClH/c1-9-10(14)4-3-5-11(9)16-12(17)13(2)6-7-15-8-13;/h3-5,15H,6-8H2,1-2H3,(H,16,17);1H. The van der Waals surface area contributed by atoms with Crippen LogP contribution >= 0.6 is 12.4 Å². The highest BCUT2D eigenvalue weighted by molar-refractivity contribution is 5.96. The van der Waals surface area contributed by atoms with Gasteiger partial charge in [0, 0.05) is 17.8 Å². The largest absolute Gasteiger partial charge is 0.325 e. The van der Waals surface area contributed by atoms with Gasteiger partial charge in [-0.2, -0.15) is 0 Å². The van der Waals surface area contributed by atoms with Crippen molar-refractivity contribution < 1.29 is 9.18 Å². The molecule has 100 valence electrons. The third kappa shape index (κ3) is 2.82. The van der Waals surface area contributed by atoms with Crippen molar-refractivity contribution in [2.24, 2.45) is 5.41 Å². The molecule has 1 unspecified atom stereocenters. The van der Waals surface area contributed by atoms with E-state index in [9.17, 15) is 9.18 Å². The van der Waals surface area contributed by atoms with Crippen LogP contribution in [-0.4, -0.2) is 19.0 Å². The maximum atomic E-state index is 13.3. The van der Waals surface area contributed by atoms with Gasteiger partial charge in [0.05, 0.1) is 5.41 Å². The van der Waals surface area contributed by atoms with Crippen LogP contribution in [0.3, 0.4) is 0 Å². The molecular weight excluding hydrogens is 255 g/mol. The van der Waals surface area contributed by atoms with Crippen molar-refractivity contribution in [2.75, 3.05) is 18.4 Å². The van der Waals surface area contributed by atoms with E-state index in [2.05, 4.69) is 10.6 Å². The maximum absolute atomic E-state index is 13.3.